The van der Waals surface area contributed by atoms with Gasteiger partial charge in [0, 0.05) is 12.0 Å². The van der Waals surface area contributed by atoms with Gasteiger partial charge in [-0.05, 0) is 31.2 Å². The number of carbonyl (C=O) groups is 2. The zero-order chi connectivity index (χ0) is 18.5. The van der Waals surface area contributed by atoms with E-state index in [1.54, 1.807) is 25.3 Å². The second kappa shape index (κ2) is 5.66. The Hall–Kier alpha value is -3.22. The highest BCUT2D eigenvalue weighted by atomic mass is 16.5. The van der Waals surface area contributed by atoms with Gasteiger partial charge in [-0.15, -0.1) is 0 Å². The number of nitrogens with zero attached hydrogens (tertiary/aromatic N) is 1. The molecular weight excluding hydrogens is 336 g/mol. The molecule has 0 unspecified atom stereocenters. The zero-order valence-electron chi connectivity index (χ0n) is 14.4. The number of ether oxygens (including phenoxy) is 2. The number of nitrogens with one attached hydrogen (secondary N) is 1. The Morgan fingerprint density at radius 3 is 2.85 bits per heavy atom. The van der Waals surface area contributed by atoms with Crippen LogP contribution in [0.25, 0.3) is 0 Å². The molecule has 134 valence electrons. The molecule has 2 aliphatic rings. The van der Waals surface area contributed by atoms with Gasteiger partial charge in [0.25, 0.3) is 0 Å². The molecule has 0 radical (unpaired) electrons. The number of rotatable bonds is 3. The first-order valence-electron chi connectivity index (χ1n) is 8.23. The molecule has 2 atom stereocenters. The molecule has 2 aliphatic heterocycles. The van der Waals surface area contributed by atoms with Gasteiger partial charge in [-0.3, -0.25) is 4.90 Å². The lowest BCUT2D eigenvalue weighted by atomic mass is 9.90. The Morgan fingerprint density at radius 2 is 2.12 bits per heavy atom. The number of carboxylic acids is 1. The van der Waals surface area contributed by atoms with Crippen LogP contribution in [0, 0.1) is 0 Å². The molecule has 0 aromatic heterocycles. The van der Waals surface area contributed by atoms with E-state index in [1.165, 1.54) is 17.0 Å². The maximum atomic E-state index is 12.8. The van der Waals surface area contributed by atoms with Gasteiger partial charge in [0.05, 0.1) is 24.4 Å². The van der Waals surface area contributed by atoms with Crippen molar-refractivity contribution in [3.8, 4) is 11.5 Å². The summed E-state index contributed by atoms with van der Waals surface area (Å²) in [7, 11) is 1.57. The summed E-state index contributed by atoms with van der Waals surface area (Å²) in [4.78, 5) is 25.6. The highest BCUT2D eigenvalue weighted by molar-refractivity contribution is 5.97. The summed E-state index contributed by atoms with van der Waals surface area (Å²) < 4.78 is 11.7. The number of carbonyl (C=O) groups excluding carboxylic acids is 1. The van der Waals surface area contributed by atoms with Crippen LogP contribution in [0.1, 0.15) is 35.3 Å². The van der Waals surface area contributed by atoms with Gasteiger partial charge in [-0.25, -0.2) is 9.59 Å². The number of carboxylic acid groups (broad SMARTS) is 1. The molecule has 0 saturated carbocycles. The molecule has 7 nitrogen and oxygen atoms in total. The summed E-state index contributed by atoms with van der Waals surface area (Å²) in [6.45, 7) is 1.82. The van der Waals surface area contributed by atoms with Gasteiger partial charge >= 0.3 is 12.0 Å². The average Bonchev–Trinajstić information content (AvgIpc) is 2.60. The molecule has 2 N–H and O–H groups in total. The number of aromatic carboxylic acids is 1. The molecule has 1 fully saturated rings. The van der Waals surface area contributed by atoms with Crippen LogP contribution in [0.2, 0.25) is 0 Å². The summed E-state index contributed by atoms with van der Waals surface area (Å²) in [5.74, 6) is 0.130. The van der Waals surface area contributed by atoms with Crippen LogP contribution in [0.4, 0.5) is 10.5 Å². The fraction of sp³-hybridized carbons (Fsp3) is 0.263. The van der Waals surface area contributed by atoms with Crippen molar-refractivity contribution in [2.24, 2.45) is 0 Å². The Balaban J connectivity index is 1.81. The molecule has 2 heterocycles. The van der Waals surface area contributed by atoms with E-state index in [0.717, 1.165) is 5.56 Å². The minimum atomic E-state index is -1.05. The summed E-state index contributed by atoms with van der Waals surface area (Å²) in [5, 5.41) is 12.2. The van der Waals surface area contributed by atoms with E-state index < -0.39 is 11.7 Å². The van der Waals surface area contributed by atoms with Crippen molar-refractivity contribution in [2.75, 3.05) is 12.0 Å². The van der Waals surface area contributed by atoms with Gasteiger partial charge < -0.3 is 19.9 Å². The summed E-state index contributed by atoms with van der Waals surface area (Å²) in [6, 6.07) is 11.3. The number of para-hydroxylation sites is 1. The molecule has 2 aromatic carbocycles. The standard InChI is InChI=1S/C19H18N2O5/c1-19-10-14(13-7-4-8-15(25-2)16(13)26-19)20-18(24)21(19)12-6-3-5-11(9-12)17(22)23/h3-9,14H,10H2,1-2H3,(H,20,24)(H,22,23)/t14-,19+/m1/s1. The molecule has 1 saturated heterocycles. The molecule has 0 spiro atoms. The molecule has 2 amide bonds. The first kappa shape index (κ1) is 16.3. The lowest BCUT2D eigenvalue weighted by molar-refractivity contribution is 0.0349. The van der Waals surface area contributed by atoms with Crippen LogP contribution in [0.3, 0.4) is 0 Å². The molecule has 26 heavy (non-hydrogen) atoms. The number of hydrogen-bond acceptors (Lipinski definition) is 4. The summed E-state index contributed by atoms with van der Waals surface area (Å²) in [5.41, 5.74) is 0.469. The largest absolute Gasteiger partial charge is 0.493 e. The topological polar surface area (TPSA) is 88.1 Å². The van der Waals surface area contributed by atoms with Crippen LogP contribution < -0.4 is 19.7 Å². The molecule has 0 aliphatic carbocycles. The first-order chi connectivity index (χ1) is 12.4. The van der Waals surface area contributed by atoms with Crippen molar-refractivity contribution in [3.05, 3.63) is 53.6 Å². The molecule has 2 aromatic rings. The van der Waals surface area contributed by atoms with Gasteiger partial charge in [-0.1, -0.05) is 18.2 Å². The predicted molar refractivity (Wildman–Crippen MR) is 93.8 cm³/mol. The van der Waals surface area contributed by atoms with E-state index in [9.17, 15) is 14.7 Å². The van der Waals surface area contributed by atoms with Gasteiger partial charge in [0.1, 0.15) is 0 Å². The number of methoxy groups -OCH3 is 1. The highest BCUT2D eigenvalue weighted by Crippen LogP contribution is 2.48. The third-order valence-corrected chi connectivity index (χ3v) is 4.83. The predicted octanol–water partition coefficient (Wildman–Crippen LogP) is 3.16. The fourth-order valence-corrected chi connectivity index (χ4v) is 3.69. The summed E-state index contributed by atoms with van der Waals surface area (Å²) in [6.07, 6.45) is 0.524. The lowest BCUT2D eigenvalue weighted by Crippen LogP contribution is -2.65. The molecule has 4 rings (SSSR count). The third-order valence-electron chi connectivity index (χ3n) is 4.83. The van der Waals surface area contributed by atoms with E-state index in [0.29, 0.717) is 23.6 Å². The Labute approximate surface area is 150 Å². The fourth-order valence-electron chi connectivity index (χ4n) is 3.69. The lowest BCUT2D eigenvalue weighted by Gasteiger charge is -2.50. The number of benzene rings is 2. The van der Waals surface area contributed by atoms with Gasteiger partial charge in [0.2, 0.25) is 0 Å². The van der Waals surface area contributed by atoms with Crippen molar-refractivity contribution in [1.29, 1.82) is 0 Å². The van der Waals surface area contributed by atoms with Crippen molar-refractivity contribution < 1.29 is 24.2 Å². The number of amides is 2. The van der Waals surface area contributed by atoms with Crippen molar-refractivity contribution in [1.82, 2.24) is 5.32 Å². The molecule has 2 bridgehead atoms. The number of fused-ring (bicyclic) bond motifs is 4. The van der Waals surface area contributed by atoms with Crippen LogP contribution in [0.5, 0.6) is 11.5 Å². The first-order valence-corrected chi connectivity index (χ1v) is 8.23. The van der Waals surface area contributed by atoms with Crippen molar-refractivity contribution >= 4 is 17.7 Å². The maximum absolute atomic E-state index is 12.8. The minimum absolute atomic E-state index is 0.106. The number of urea groups is 1. The normalized spacial score (nSPS) is 23.5. The quantitative estimate of drug-likeness (QED) is 0.884. The van der Waals surface area contributed by atoms with Crippen molar-refractivity contribution in [3.63, 3.8) is 0 Å². The van der Waals surface area contributed by atoms with E-state index in [2.05, 4.69) is 5.32 Å². The van der Waals surface area contributed by atoms with Gasteiger partial charge in [-0.2, -0.15) is 0 Å². The van der Waals surface area contributed by atoms with Crippen LogP contribution in [0.15, 0.2) is 42.5 Å². The second-order valence-corrected chi connectivity index (χ2v) is 6.55. The third kappa shape index (κ3) is 2.35. The Morgan fingerprint density at radius 1 is 1.35 bits per heavy atom. The van der Waals surface area contributed by atoms with E-state index in [1.807, 2.05) is 19.1 Å². The summed E-state index contributed by atoms with van der Waals surface area (Å²) >= 11 is 0. The average molecular weight is 354 g/mol. The maximum Gasteiger partial charge on any atom is 0.335 e. The Bertz CT molecular complexity index is 913. The Kier molecular flexibility index (Phi) is 3.54. The zero-order valence-corrected chi connectivity index (χ0v) is 14.4. The van der Waals surface area contributed by atoms with Gasteiger partial charge in [0.15, 0.2) is 17.2 Å². The smallest absolute Gasteiger partial charge is 0.335 e. The van der Waals surface area contributed by atoms with Crippen LogP contribution in [-0.2, 0) is 0 Å². The van der Waals surface area contributed by atoms with Crippen molar-refractivity contribution in [2.45, 2.75) is 25.1 Å². The number of hydrogen-bond donors (Lipinski definition) is 2. The van der Waals surface area contributed by atoms with E-state index >= 15 is 0 Å². The minimum Gasteiger partial charge on any atom is -0.493 e. The monoisotopic (exact) mass is 354 g/mol. The van der Waals surface area contributed by atoms with Crippen LogP contribution >= 0.6 is 0 Å². The van der Waals surface area contributed by atoms with E-state index in [-0.39, 0.29) is 17.6 Å². The molecular formula is C19H18N2O5. The van der Waals surface area contributed by atoms with E-state index in [4.69, 9.17) is 9.47 Å². The number of anilines is 1. The SMILES string of the molecule is COc1cccc2c1O[C@@]1(C)C[C@H]2NC(=O)N1c1cccc(C(=O)O)c1. The second-order valence-electron chi connectivity index (χ2n) is 6.55. The van der Waals surface area contributed by atoms with Crippen LogP contribution in [-0.4, -0.2) is 29.9 Å². The molecule has 7 heteroatoms. The highest BCUT2D eigenvalue weighted by Gasteiger charge is 2.50.